The normalized spacial score (nSPS) is 24.1. The summed E-state index contributed by atoms with van der Waals surface area (Å²) in [6.45, 7) is 2.47. The van der Waals surface area contributed by atoms with Crippen molar-refractivity contribution in [2.24, 2.45) is 7.05 Å². The highest BCUT2D eigenvalue weighted by molar-refractivity contribution is 5.83. The number of halogens is 1. The van der Waals surface area contributed by atoms with Crippen LogP contribution in [0.15, 0.2) is 47.7 Å². The highest BCUT2D eigenvalue weighted by atomic mass is 19.1. The Morgan fingerprint density at radius 2 is 2.03 bits per heavy atom. The number of rotatable bonds is 2. The maximum atomic E-state index is 13.9. The molecule has 3 aromatic heterocycles. The third-order valence-electron chi connectivity index (χ3n) is 7.79. The SMILES string of the molecule is Cc1nc(C2C[C@@H](O)CC[C@]23CCn2c(-c4ccc5ncn(C)c(=O)c5c4)cnc23)ccc1F. The van der Waals surface area contributed by atoms with Crippen molar-refractivity contribution in [1.82, 2.24) is 24.1 Å². The van der Waals surface area contributed by atoms with E-state index in [1.807, 2.05) is 24.4 Å². The van der Waals surface area contributed by atoms with Gasteiger partial charge in [0.05, 0.1) is 40.9 Å². The van der Waals surface area contributed by atoms with Crippen LogP contribution < -0.4 is 5.56 Å². The summed E-state index contributed by atoms with van der Waals surface area (Å²) in [5.74, 6) is 0.629. The van der Waals surface area contributed by atoms with Crippen molar-refractivity contribution in [2.45, 2.75) is 56.6 Å². The molecule has 4 heterocycles. The highest BCUT2D eigenvalue weighted by Crippen LogP contribution is 2.54. The number of aromatic nitrogens is 5. The van der Waals surface area contributed by atoms with E-state index in [4.69, 9.17) is 4.98 Å². The van der Waals surface area contributed by atoms with Crippen LogP contribution >= 0.6 is 0 Å². The molecular weight excluding hydrogens is 433 g/mol. The Hall–Kier alpha value is -3.39. The molecular formula is C26H26FN5O2. The molecule has 174 valence electrons. The van der Waals surface area contributed by atoms with E-state index in [0.29, 0.717) is 29.4 Å². The first-order valence-corrected chi connectivity index (χ1v) is 11.7. The van der Waals surface area contributed by atoms with Crippen molar-refractivity contribution in [3.63, 3.8) is 0 Å². The van der Waals surface area contributed by atoms with Crippen molar-refractivity contribution < 1.29 is 9.50 Å². The lowest BCUT2D eigenvalue weighted by Crippen LogP contribution is -2.40. The Balaban J connectivity index is 1.46. The van der Waals surface area contributed by atoms with Crippen LogP contribution in [-0.4, -0.2) is 35.3 Å². The minimum absolute atomic E-state index is 0.0415. The van der Waals surface area contributed by atoms with Gasteiger partial charge in [0, 0.05) is 36.2 Å². The molecule has 1 unspecified atom stereocenters. The molecule has 1 fully saturated rings. The van der Waals surface area contributed by atoms with E-state index in [9.17, 15) is 14.3 Å². The monoisotopic (exact) mass is 459 g/mol. The summed E-state index contributed by atoms with van der Waals surface area (Å²) in [7, 11) is 1.70. The minimum Gasteiger partial charge on any atom is -0.393 e. The Kier molecular flexibility index (Phi) is 4.71. The van der Waals surface area contributed by atoms with Crippen molar-refractivity contribution >= 4 is 10.9 Å². The Morgan fingerprint density at radius 1 is 1.18 bits per heavy atom. The number of nitrogens with zero attached hydrogens (tertiary/aromatic N) is 5. The number of hydrogen-bond acceptors (Lipinski definition) is 5. The number of aryl methyl sites for hydroxylation is 2. The molecule has 1 aromatic carbocycles. The minimum atomic E-state index is -0.407. The van der Waals surface area contributed by atoms with Crippen molar-refractivity contribution in [1.29, 1.82) is 0 Å². The average molecular weight is 460 g/mol. The summed E-state index contributed by atoms with van der Waals surface area (Å²) in [6.07, 6.45) is 5.98. The predicted octanol–water partition coefficient (Wildman–Crippen LogP) is 3.61. The van der Waals surface area contributed by atoms with Crippen LogP contribution in [0.4, 0.5) is 4.39 Å². The van der Waals surface area contributed by atoms with Crippen LogP contribution in [0.3, 0.4) is 0 Å². The third-order valence-corrected chi connectivity index (χ3v) is 7.79. The lowest BCUT2D eigenvalue weighted by atomic mass is 9.63. The quantitative estimate of drug-likeness (QED) is 0.495. The second-order valence-electron chi connectivity index (χ2n) is 9.70. The molecule has 3 atom stereocenters. The van der Waals surface area contributed by atoms with Gasteiger partial charge >= 0.3 is 0 Å². The largest absolute Gasteiger partial charge is 0.393 e. The van der Waals surface area contributed by atoms with Gasteiger partial charge in [-0.2, -0.15) is 0 Å². The first-order valence-electron chi connectivity index (χ1n) is 11.7. The van der Waals surface area contributed by atoms with Gasteiger partial charge in [0.2, 0.25) is 0 Å². The number of fused-ring (bicyclic) bond motifs is 3. The Bertz CT molecular complexity index is 1490. The number of aliphatic hydroxyl groups excluding tert-OH is 1. The molecule has 1 aliphatic heterocycles. The second kappa shape index (κ2) is 7.56. The Labute approximate surface area is 195 Å². The summed E-state index contributed by atoms with van der Waals surface area (Å²) in [5, 5.41) is 11.1. The van der Waals surface area contributed by atoms with Crippen LogP contribution in [0, 0.1) is 12.7 Å². The van der Waals surface area contributed by atoms with Crippen molar-refractivity contribution in [3.05, 3.63) is 76.2 Å². The predicted molar refractivity (Wildman–Crippen MR) is 126 cm³/mol. The average Bonchev–Trinajstić information content (AvgIpc) is 3.42. The molecule has 4 aromatic rings. The van der Waals surface area contributed by atoms with Crippen LogP contribution in [-0.2, 0) is 19.0 Å². The van der Waals surface area contributed by atoms with Crippen LogP contribution in [0.2, 0.25) is 0 Å². The van der Waals surface area contributed by atoms with Gasteiger partial charge in [-0.3, -0.25) is 9.78 Å². The van der Waals surface area contributed by atoms with Crippen molar-refractivity contribution in [3.8, 4) is 11.3 Å². The number of aliphatic hydroxyl groups is 1. The molecule has 1 N–H and O–H groups in total. The standard InChI is InChI=1S/C26H26FN5O2/c1-15-20(27)4-6-22(30-15)19-12-17(33)7-8-26(19)9-10-32-23(13-28-25(26)32)16-3-5-21-18(11-16)24(34)31(2)14-29-21/h3-6,11,13-14,17,19,33H,7-10,12H2,1-2H3/t17-,19?,26-/m0/s1. The second-order valence-corrected chi connectivity index (χ2v) is 9.70. The lowest BCUT2D eigenvalue weighted by Gasteiger charge is -2.42. The summed E-state index contributed by atoms with van der Waals surface area (Å²) < 4.78 is 17.7. The first-order chi connectivity index (χ1) is 16.4. The van der Waals surface area contributed by atoms with Gasteiger partial charge in [0.15, 0.2) is 0 Å². The van der Waals surface area contributed by atoms with E-state index in [0.717, 1.165) is 42.2 Å². The van der Waals surface area contributed by atoms with E-state index >= 15 is 0 Å². The number of pyridine rings is 1. The Morgan fingerprint density at radius 3 is 2.85 bits per heavy atom. The van der Waals surface area contributed by atoms with Gasteiger partial charge in [-0.25, -0.2) is 14.4 Å². The smallest absolute Gasteiger partial charge is 0.260 e. The van der Waals surface area contributed by atoms with Gasteiger partial charge in [-0.15, -0.1) is 0 Å². The number of benzene rings is 1. The molecule has 0 amide bonds. The van der Waals surface area contributed by atoms with Gasteiger partial charge in [0.1, 0.15) is 11.6 Å². The van der Waals surface area contributed by atoms with Crippen LogP contribution in [0.1, 0.15) is 48.8 Å². The van der Waals surface area contributed by atoms with Gasteiger partial charge in [0.25, 0.3) is 5.56 Å². The molecule has 2 aliphatic rings. The zero-order chi connectivity index (χ0) is 23.6. The molecule has 0 radical (unpaired) electrons. The number of hydrogen-bond donors (Lipinski definition) is 1. The molecule has 8 heteroatoms. The maximum absolute atomic E-state index is 13.9. The van der Waals surface area contributed by atoms with Gasteiger partial charge in [-0.05, 0) is 56.9 Å². The summed E-state index contributed by atoms with van der Waals surface area (Å²) in [5.41, 5.74) is 3.41. The van der Waals surface area contributed by atoms with E-state index in [1.165, 1.54) is 17.0 Å². The maximum Gasteiger partial charge on any atom is 0.260 e. The molecule has 0 bridgehead atoms. The van der Waals surface area contributed by atoms with Crippen LogP contribution in [0.25, 0.3) is 22.2 Å². The molecule has 7 nitrogen and oxygen atoms in total. The zero-order valence-electron chi connectivity index (χ0n) is 19.2. The van der Waals surface area contributed by atoms with Gasteiger partial charge < -0.3 is 14.2 Å². The van der Waals surface area contributed by atoms with E-state index < -0.39 is 6.10 Å². The fraction of sp³-hybridized carbons (Fsp3) is 0.385. The van der Waals surface area contributed by atoms with E-state index in [1.54, 1.807) is 20.0 Å². The van der Waals surface area contributed by atoms with Crippen molar-refractivity contribution in [2.75, 3.05) is 0 Å². The third kappa shape index (κ3) is 3.05. The zero-order valence-corrected chi connectivity index (χ0v) is 19.2. The highest BCUT2D eigenvalue weighted by Gasteiger charge is 2.51. The number of imidazole rings is 1. The molecule has 1 spiro atoms. The summed E-state index contributed by atoms with van der Waals surface area (Å²) in [6, 6.07) is 8.99. The lowest BCUT2D eigenvalue weighted by molar-refractivity contribution is 0.0755. The molecule has 34 heavy (non-hydrogen) atoms. The summed E-state index contributed by atoms with van der Waals surface area (Å²) >= 11 is 0. The molecule has 1 aliphatic carbocycles. The molecule has 6 rings (SSSR count). The fourth-order valence-electron chi connectivity index (χ4n) is 5.97. The molecule has 0 saturated heterocycles. The van der Waals surface area contributed by atoms with E-state index in [-0.39, 0.29) is 22.7 Å². The summed E-state index contributed by atoms with van der Waals surface area (Å²) in [4.78, 5) is 26.5. The van der Waals surface area contributed by atoms with E-state index in [2.05, 4.69) is 14.5 Å². The van der Waals surface area contributed by atoms with Crippen LogP contribution in [0.5, 0.6) is 0 Å². The topological polar surface area (TPSA) is 85.8 Å². The van der Waals surface area contributed by atoms with Gasteiger partial charge in [-0.1, -0.05) is 6.07 Å². The first kappa shape index (κ1) is 21.2. The fourth-order valence-corrected chi connectivity index (χ4v) is 5.97. The molecule has 1 saturated carbocycles.